The summed E-state index contributed by atoms with van der Waals surface area (Å²) in [7, 11) is 2.16. The van der Waals surface area contributed by atoms with Crippen LogP contribution in [0.2, 0.25) is 0 Å². The Morgan fingerprint density at radius 2 is 1.24 bits per heavy atom. The van der Waals surface area contributed by atoms with Crippen LogP contribution < -0.4 is 5.73 Å². The van der Waals surface area contributed by atoms with Gasteiger partial charge in [-0.15, -0.1) is 0 Å². The molecule has 0 bridgehead atoms. The normalized spacial score (nSPS) is 11.6. The molecular formula is C27H56N2O4. The maximum Gasteiger partial charge on any atom is 0.306 e. The summed E-state index contributed by atoms with van der Waals surface area (Å²) in [6.45, 7) is 9.70. The fourth-order valence-electron chi connectivity index (χ4n) is 3.71. The van der Waals surface area contributed by atoms with E-state index in [1.54, 1.807) is 0 Å². The van der Waals surface area contributed by atoms with Crippen molar-refractivity contribution in [3.05, 3.63) is 0 Å². The van der Waals surface area contributed by atoms with Gasteiger partial charge in [0.25, 0.3) is 0 Å². The molecule has 6 nitrogen and oxygen atoms in total. The number of nitrogens with two attached hydrogens (primary N) is 1. The lowest BCUT2D eigenvalue weighted by Gasteiger charge is -2.18. The van der Waals surface area contributed by atoms with Gasteiger partial charge in [0.1, 0.15) is 6.10 Å². The van der Waals surface area contributed by atoms with Gasteiger partial charge in [-0.3, -0.25) is 4.79 Å². The van der Waals surface area contributed by atoms with E-state index in [1.807, 2.05) is 0 Å². The summed E-state index contributed by atoms with van der Waals surface area (Å²) in [5, 5.41) is 0. The molecule has 2 N–H and O–H groups in total. The number of hydrogen-bond acceptors (Lipinski definition) is 6. The fraction of sp³-hybridized carbons (Fsp3) is 0.963. The summed E-state index contributed by atoms with van der Waals surface area (Å²) in [5.74, 6) is -0.120. The van der Waals surface area contributed by atoms with Crippen LogP contribution in [-0.4, -0.2) is 70.1 Å². The molecule has 0 unspecified atom stereocenters. The van der Waals surface area contributed by atoms with E-state index in [1.165, 1.54) is 57.8 Å². The van der Waals surface area contributed by atoms with E-state index in [0.29, 0.717) is 19.6 Å². The van der Waals surface area contributed by atoms with Gasteiger partial charge >= 0.3 is 5.97 Å². The molecule has 0 radical (unpaired) electrons. The highest BCUT2D eigenvalue weighted by Crippen LogP contribution is 2.09. The number of carbonyl (C=O) groups is 1. The minimum atomic E-state index is -0.293. The summed E-state index contributed by atoms with van der Waals surface area (Å²) < 4.78 is 17.3. The second kappa shape index (κ2) is 25.9. The van der Waals surface area contributed by atoms with E-state index in [0.717, 1.165) is 65.0 Å². The van der Waals surface area contributed by atoms with Crippen molar-refractivity contribution in [1.29, 1.82) is 0 Å². The van der Waals surface area contributed by atoms with Gasteiger partial charge in [0.05, 0.1) is 13.2 Å². The first-order chi connectivity index (χ1) is 16.1. The number of hydrogen-bond donors (Lipinski definition) is 1. The van der Waals surface area contributed by atoms with Gasteiger partial charge < -0.3 is 24.8 Å². The quantitative estimate of drug-likeness (QED) is 0.128. The molecule has 0 spiro atoms. The van der Waals surface area contributed by atoms with Gasteiger partial charge in [0, 0.05) is 19.6 Å². The van der Waals surface area contributed by atoms with Crippen LogP contribution in [0.1, 0.15) is 110 Å². The third kappa shape index (κ3) is 24.2. The lowest BCUT2D eigenvalue weighted by molar-refractivity contribution is -0.156. The third-order valence-corrected chi connectivity index (χ3v) is 5.85. The van der Waals surface area contributed by atoms with Crippen LogP contribution in [0.25, 0.3) is 0 Å². The Labute approximate surface area is 205 Å². The van der Waals surface area contributed by atoms with Crippen LogP contribution in [0.15, 0.2) is 0 Å². The number of rotatable bonds is 26. The maximum atomic E-state index is 12.3. The average Bonchev–Trinajstić information content (AvgIpc) is 2.81. The zero-order valence-electron chi connectivity index (χ0n) is 22.3. The van der Waals surface area contributed by atoms with Gasteiger partial charge in [-0.25, -0.2) is 0 Å². The average molecular weight is 473 g/mol. The molecule has 0 aliphatic carbocycles. The highest BCUT2D eigenvalue weighted by atomic mass is 16.6. The lowest BCUT2D eigenvalue weighted by atomic mass is 10.1. The first-order valence-corrected chi connectivity index (χ1v) is 13.9. The number of carbonyl (C=O) groups excluding carboxylic acids is 1. The van der Waals surface area contributed by atoms with Gasteiger partial charge in [-0.05, 0) is 58.8 Å². The second-order valence-electron chi connectivity index (χ2n) is 9.35. The molecule has 0 aromatic heterocycles. The van der Waals surface area contributed by atoms with E-state index in [4.69, 9.17) is 19.9 Å². The minimum Gasteiger partial charge on any atom is -0.457 e. The Balaban J connectivity index is 3.97. The Morgan fingerprint density at radius 3 is 1.82 bits per heavy atom. The summed E-state index contributed by atoms with van der Waals surface area (Å²) in [6.07, 6.45) is 16.3. The first-order valence-electron chi connectivity index (χ1n) is 13.9. The summed E-state index contributed by atoms with van der Waals surface area (Å²) in [5.41, 5.74) is 5.55. The Kier molecular flexibility index (Phi) is 25.4. The monoisotopic (exact) mass is 472 g/mol. The standard InChI is InChI=1S/C27H56N2O4/c1-4-6-8-15-22-31-24-26(25-32-23-16-9-7-5-2)33-27(30)18-13-11-10-12-14-20-29(3)21-17-19-28/h26H,4-25,28H2,1-3H3. The number of esters is 1. The van der Waals surface area contributed by atoms with Crippen molar-refractivity contribution in [3.63, 3.8) is 0 Å². The molecule has 0 saturated carbocycles. The molecule has 198 valence electrons. The molecule has 33 heavy (non-hydrogen) atoms. The summed E-state index contributed by atoms with van der Waals surface area (Å²) in [6, 6.07) is 0. The molecule has 0 atom stereocenters. The van der Waals surface area contributed by atoms with Gasteiger partial charge in [-0.1, -0.05) is 71.6 Å². The van der Waals surface area contributed by atoms with E-state index in [9.17, 15) is 4.79 Å². The molecule has 0 rings (SSSR count). The topological polar surface area (TPSA) is 74.0 Å². The Hall–Kier alpha value is -0.690. The maximum absolute atomic E-state index is 12.3. The predicted octanol–water partition coefficient (Wildman–Crippen LogP) is 5.71. The summed E-state index contributed by atoms with van der Waals surface area (Å²) >= 11 is 0. The van der Waals surface area contributed by atoms with Gasteiger partial charge in [0.15, 0.2) is 0 Å². The fourth-order valence-corrected chi connectivity index (χ4v) is 3.71. The largest absolute Gasteiger partial charge is 0.457 e. The Bertz CT molecular complexity index is 394. The van der Waals surface area contributed by atoms with E-state index >= 15 is 0 Å². The van der Waals surface area contributed by atoms with Crippen LogP contribution in [0.3, 0.4) is 0 Å². The molecular weight excluding hydrogens is 416 g/mol. The molecule has 0 aliphatic rings. The smallest absolute Gasteiger partial charge is 0.306 e. The number of ether oxygens (including phenoxy) is 3. The number of unbranched alkanes of at least 4 members (excludes halogenated alkanes) is 10. The van der Waals surface area contributed by atoms with E-state index < -0.39 is 0 Å². The molecule has 6 heteroatoms. The van der Waals surface area contributed by atoms with Crippen LogP contribution in [-0.2, 0) is 19.0 Å². The van der Waals surface area contributed by atoms with Crippen LogP contribution in [0.5, 0.6) is 0 Å². The zero-order valence-corrected chi connectivity index (χ0v) is 22.3. The first kappa shape index (κ1) is 32.3. The van der Waals surface area contributed by atoms with Crippen molar-refractivity contribution in [2.24, 2.45) is 5.73 Å². The molecule has 0 heterocycles. The van der Waals surface area contributed by atoms with Crippen molar-refractivity contribution in [3.8, 4) is 0 Å². The molecule has 0 saturated heterocycles. The van der Waals surface area contributed by atoms with Crippen LogP contribution >= 0.6 is 0 Å². The van der Waals surface area contributed by atoms with Crippen LogP contribution in [0.4, 0.5) is 0 Å². The van der Waals surface area contributed by atoms with Crippen molar-refractivity contribution < 1.29 is 19.0 Å². The van der Waals surface area contributed by atoms with Crippen molar-refractivity contribution in [2.45, 2.75) is 116 Å². The molecule has 0 amide bonds. The molecule has 0 aromatic carbocycles. The molecule has 0 aromatic rings. The number of nitrogens with zero attached hydrogens (tertiary/aromatic N) is 1. The zero-order chi connectivity index (χ0) is 24.4. The SMILES string of the molecule is CCCCCCOCC(COCCCCCC)OC(=O)CCCCCCCN(C)CCCN. The second-order valence-corrected chi connectivity index (χ2v) is 9.35. The van der Waals surface area contributed by atoms with E-state index in [-0.39, 0.29) is 12.1 Å². The van der Waals surface area contributed by atoms with Crippen LogP contribution in [0, 0.1) is 0 Å². The highest BCUT2D eigenvalue weighted by molar-refractivity contribution is 5.69. The summed E-state index contributed by atoms with van der Waals surface area (Å²) in [4.78, 5) is 14.7. The molecule has 0 fully saturated rings. The lowest BCUT2D eigenvalue weighted by Crippen LogP contribution is -2.29. The third-order valence-electron chi connectivity index (χ3n) is 5.85. The van der Waals surface area contributed by atoms with E-state index in [2.05, 4.69) is 25.8 Å². The molecule has 0 aliphatic heterocycles. The Morgan fingerprint density at radius 1 is 0.727 bits per heavy atom. The van der Waals surface area contributed by atoms with Crippen molar-refractivity contribution in [1.82, 2.24) is 4.90 Å². The van der Waals surface area contributed by atoms with Gasteiger partial charge in [0.2, 0.25) is 0 Å². The van der Waals surface area contributed by atoms with Crippen molar-refractivity contribution in [2.75, 3.05) is 53.1 Å². The van der Waals surface area contributed by atoms with Gasteiger partial charge in [-0.2, -0.15) is 0 Å². The predicted molar refractivity (Wildman–Crippen MR) is 139 cm³/mol. The highest BCUT2D eigenvalue weighted by Gasteiger charge is 2.15. The van der Waals surface area contributed by atoms with Crippen molar-refractivity contribution >= 4 is 5.97 Å². The minimum absolute atomic E-state index is 0.120.